The Morgan fingerprint density at radius 1 is 1.37 bits per heavy atom. The number of amides is 1. The molecular weight excluding hydrogens is 256 g/mol. The van der Waals surface area contributed by atoms with Gasteiger partial charge in [0.1, 0.15) is 0 Å². The zero-order chi connectivity index (χ0) is 13.9. The maximum atomic E-state index is 11.8. The molecule has 0 aromatic carbocycles. The summed E-state index contributed by atoms with van der Waals surface area (Å²) >= 11 is 2.08. The van der Waals surface area contributed by atoms with Crippen LogP contribution in [0.3, 0.4) is 0 Å². The van der Waals surface area contributed by atoms with Crippen LogP contribution in [0.15, 0.2) is 0 Å². The predicted octanol–water partition coefficient (Wildman–Crippen LogP) is 2.68. The van der Waals surface area contributed by atoms with Gasteiger partial charge in [-0.15, -0.1) is 0 Å². The van der Waals surface area contributed by atoms with Crippen LogP contribution in [0.25, 0.3) is 0 Å². The predicted molar refractivity (Wildman–Crippen MR) is 82.3 cm³/mol. The summed E-state index contributed by atoms with van der Waals surface area (Å²) in [6, 6.07) is 0.311. The molecule has 0 radical (unpaired) electrons. The average molecular weight is 284 g/mol. The summed E-state index contributed by atoms with van der Waals surface area (Å²) in [5.74, 6) is 2.04. The molecule has 3 nitrogen and oxygen atoms in total. The molecule has 2 aliphatic carbocycles. The van der Waals surface area contributed by atoms with Gasteiger partial charge in [0.2, 0.25) is 5.91 Å². The van der Waals surface area contributed by atoms with Crippen molar-refractivity contribution in [3.05, 3.63) is 0 Å². The second-order valence-corrected chi connectivity index (χ2v) is 7.93. The lowest BCUT2D eigenvalue weighted by atomic mass is 9.96. The number of carbonyl (C=O) groups is 1. The van der Waals surface area contributed by atoms with E-state index in [4.69, 9.17) is 5.73 Å². The van der Waals surface area contributed by atoms with Crippen LogP contribution >= 0.6 is 11.8 Å². The number of nitrogens with one attached hydrogen (secondary N) is 1. The van der Waals surface area contributed by atoms with E-state index in [9.17, 15) is 4.79 Å². The number of carbonyl (C=O) groups excluding carboxylic acids is 1. The van der Waals surface area contributed by atoms with Crippen molar-refractivity contribution in [3.63, 3.8) is 0 Å². The molecule has 1 amide bonds. The van der Waals surface area contributed by atoms with Crippen LogP contribution in [-0.2, 0) is 4.79 Å². The van der Waals surface area contributed by atoms with Gasteiger partial charge in [-0.3, -0.25) is 4.79 Å². The number of hydrogen-bond acceptors (Lipinski definition) is 3. The lowest BCUT2D eigenvalue weighted by Gasteiger charge is -2.29. The molecule has 2 rings (SSSR count). The van der Waals surface area contributed by atoms with E-state index in [1.165, 1.54) is 31.4 Å². The van der Waals surface area contributed by atoms with Crippen molar-refractivity contribution in [2.24, 2.45) is 11.7 Å². The lowest BCUT2D eigenvalue weighted by molar-refractivity contribution is -0.124. The van der Waals surface area contributed by atoms with Crippen molar-refractivity contribution in [2.45, 2.75) is 75.6 Å². The second kappa shape index (κ2) is 6.49. The van der Waals surface area contributed by atoms with Gasteiger partial charge in [-0.1, -0.05) is 12.8 Å². The Morgan fingerprint density at radius 3 is 2.63 bits per heavy atom. The van der Waals surface area contributed by atoms with Crippen molar-refractivity contribution in [2.75, 3.05) is 5.75 Å². The van der Waals surface area contributed by atoms with Crippen molar-refractivity contribution in [1.29, 1.82) is 0 Å². The zero-order valence-electron chi connectivity index (χ0n) is 12.3. The Labute approximate surface area is 121 Å². The van der Waals surface area contributed by atoms with Crippen LogP contribution in [0.2, 0.25) is 0 Å². The van der Waals surface area contributed by atoms with E-state index < -0.39 is 5.54 Å². The number of thioether (sulfide) groups is 1. The topological polar surface area (TPSA) is 55.1 Å². The molecule has 4 heteroatoms. The average Bonchev–Trinajstić information content (AvgIpc) is 2.95. The fourth-order valence-corrected chi connectivity index (χ4v) is 5.13. The van der Waals surface area contributed by atoms with Gasteiger partial charge < -0.3 is 11.1 Å². The molecule has 0 aliphatic heterocycles. The van der Waals surface area contributed by atoms with Crippen molar-refractivity contribution in [3.8, 4) is 0 Å². The highest BCUT2D eigenvalue weighted by Crippen LogP contribution is 2.39. The Bertz CT molecular complexity index is 315. The van der Waals surface area contributed by atoms with Gasteiger partial charge in [-0.25, -0.2) is 0 Å². The first-order chi connectivity index (χ1) is 9.02. The number of nitrogens with two attached hydrogens (primary N) is 1. The Kier molecular flexibility index (Phi) is 5.18. The minimum Gasteiger partial charge on any atom is -0.368 e. The largest absolute Gasteiger partial charge is 0.368 e. The molecule has 0 spiro atoms. The van der Waals surface area contributed by atoms with E-state index >= 15 is 0 Å². The quantitative estimate of drug-likeness (QED) is 0.788. The van der Waals surface area contributed by atoms with E-state index in [1.54, 1.807) is 0 Å². The summed E-state index contributed by atoms with van der Waals surface area (Å²) in [6.07, 6.45) is 8.59. The first-order valence-electron chi connectivity index (χ1n) is 7.71. The first kappa shape index (κ1) is 15.2. The van der Waals surface area contributed by atoms with Gasteiger partial charge in [0.25, 0.3) is 0 Å². The van der Waals surface area contributed by atoms with Crippen LogP contribution in [0.1, 0.15) is 58.8 Å². The summed E-state index contributed by atoms with van der Waals surface area (Å²) < 4.78 is 0. The molecule has 19 heavy (non-hydrogen) atoms. The van der Waals surface area contributed by atoms with Crippen molar-refractivity contribution < 1.29 is 4.79 Å². The smallest absolute Gasteiger partial charge is 0.237 e. The molecule has 0 aromatic rings. The molecule has 110 valence electrons. The highest BCUT2D eigenvalue weighted by molar-refractivity contribution is 7.99. The summed E-state index contributed by atoms with van der Waals surface area (Å²) in [7, 11) is 0. The van der Waals surface area contributed by atoms with Crippen LogP contribution in [-0.4, -0.2) is 28.5 Å². The minimum absolute atomic E-state index is 0.162. The monoisotopic (exact) mass is 284 g/mol. The maximum Gasteiger partial charge on any atom is 0.237 e. The first-order valence-corrected chi connectivity index (χ1v) is 8.76. The van der Waals surface area contributed by atoms with E-state index in [2.05, 4.69) is 30.9 Å². The summed E-state index contributed by atoms with van der Waals surface area (Å²) in [4.78, 5) is 11.8. The van der Waals surface area contributed by atoms with Gasteiger partial charge >= 0.3 is 0 Å². The molecule has 0 aromatic heterocycles. The van der Waals surface area contributed by atoms with Gasteiger partial charge in [-0.05, 0) is 57.6 Å². The Balaban J connectivity index is 1.83. The maximum absolute atomic E-state index is 11.8. The SMILES string of the molecule is CC(C)NC1(C(N)=O)CCC(SCC2CCCC2)C1. The third kappa shape index (κ3) is 3.88. The van der Waals surface area contributed by atoms with Crippen LogP contribution < -0.4 is 11.1 Å². The third-order valence-corrected chi connectivity index (χ3v) is 6.09. The van der Waals surface area contributed by atoms with Gasteiger partial charge in [0.05, 0.1) is 5.54 Å². The van der Waals surface area contributed by atoms with Crippen molar-refractivity contribution in [1.82, 2.24) is 5.32 Å². The fourth-order valence-electron chi connectivity index (χ4n) is 3.57. The van der Waals surface area contributed by atoms with E-state index in [0.29, 0.717) is 11.3 Å². The second-order valence-electron chi connectivity index (χ2n) is 6.59. The van der Waals surface area contributed by atoms with E-state index in [-0.39, 0.29) is 5.91 Å². The molecule has 0 saturated heterocycles. The number of primary amides is 1. The Hall–Kier alpha value is -0.220. The molecule has 3 N–H and O–H groups in total. The summed E-state index contributed by atoms with van der Waals surface area (Å²) in [6.45, 7) is 4.17. The highest BCUT2D eigenvalue weighted by Gasteiger charge is 2.44. The molecule has 0 bridgehead atoms. The molecule has 0 heterocycles. The van der Waals surface area contributed by atoms with Crippen molar-refractivity contribution >= 4 is 17.7 Å². The van der Waals surface area contributed by atoms with Gasteiger partial charge in [-0.2, -0.15) is 11.8 Å². The lowest BCUT2D eigenvalue weighted by Crippen LogP contribution is -2.56. The zero-order valence-corrected chi connectivity index (χ0v) is 13.1. The van der Waals surface area contributed by atoms with Crippen LogP contribution in [0, 0.1) is 5.92 Å². The van der Waals surface area contributed by atoms with Crippen LogP contribution in [0.5, 0.6) is 0 Å². The summed E-state index contributed by atoms with van der Waals surface area (Å²) in [5, 5.41) is 4.04. The number of hydrogen-bond donors (Lipinski definition) is 2. The molecule has 2 aliphatic rings. The fraction of sp³-hybridized carbons (Fsp3) is 0.933. The van der Waals surface area contributed by atoms with Gasteiger partial charge in [0, 0.05) is 11.3 Å². The number of rotatable bonds is 6. The highest BCUT2D eigenvalue weighted by atomic mass is 32.2. The van der Waals surface area contributed by atoms with Crippen LogP contribution in [0.4, 0.5) is 0 Å². The molecule has 2 unspecified atom stereocenters. The normalized spacial score (nSPS) is 32.3. The molecule has 2 atom stereocenters. The standard InChI is InChI=1S/C15H28N2OS/c1-11(2)17-15(14(16)18)8-7-13(9-15)19-10-12-5-3-4-6-12/h11-13,17H,3-10H2,1-2H3,(H2,16,18). The van der Waals surface area contributed by atoms with E-state index in [0.717, 1.165) is 25.2 Å². The van der Waals surface area contributed by atoms with E-state index in [1.807, 2.05) is 0 Å². The van der Waals surface area contributed by atoms with Gasteiger partial charge in [0.15, 0.2) is 0 Å². The Morgan fingerprint density at radius 2 is 2.05 bits per heavy atom. The minimum atomic E-state index is -0.443. The molecule has 2 fully saturated rings. The summed E-state index contributed by atoms with van der Waals surface area (Å²) in [5.41, 5.74) is 5.21. The third-order valence-electron chi connectivity index (χ3n) is 4.55. The molecule has 2 saturated carbocycles. The molecular formula is C15H28N2OS.